The summed E-state index contributed by atoms with van der Waals surface area (Å²) in [5, 5.41) is 0. The van der Waals surface area contributed by atoms with Crippen LogP contribution in [0.15, 0.2) is 36.5 Å². The molecule has 0 fully saturated rings. The number of hydrogen-bond donors (Lipinski definition) is 0. The van der Waals surface area contributed by atoms with Gasteiger partial charge in [-0.25, -0.2) is 0 Å². The van der Waals surface area contributed by atoms with Crippen molar-refractivity contribution in [2.45, 2.75) is 26.2 Å². The largest absolute Gasteiger partial charge is 0.346 e. The molecule has 0 aliphatic heterocycles. The van der Waals surface area contributed by atoms with Crippen LogP contribution in [-0.2, 0) is 12.5 Å². The Labute approximate surface area is 97.0 Å². The molecule has 0 radical (unpaired) electrons. The molecule has 0 N–H and O–H groups in total. The summed E-state index contributed by atoms with van der Waals surface area (Å²) >= 11 is 0. The van der Waals surface area contributed by atoms with Gasteiger partial charge >= 0.3 is 0 Å². The van der Waals surface area contributed by atoms with Crippen LogP contribution in [0.4, 0.5) is 0 Å². The molecule has 0 unspecified atom stereocenters. The van der Waals surface area contributed by atoms with E-state index < -0.39 is 0 Å². The zero-order valence-electron chi connectivity index (χ0n) is 10.4. The molecule has 2 heteroatoms. The van der Waals surface area contributed by atoms with Gasteiger partial charge in [0.25, 0.3) is 0 Å². The topological polar surface area (TPSA) is 17.8 Å². The molecule has 2 aromatic rings. The molecular weight excluding hydrogens is 196 g/mol. The van der Waals surface area contributed by atoms with Crippen molar-refractivity contribution in [2.75, 3.05) is 0 Å². The molecule has 0 aliphatic carbocycles. The van der Waals surface area contributed by atoms with Gasteiger partial charge in [-0.2, -0.15) is 0 Å². The molecule has 2 rings (SSSR count). The van der Waals surface area contributed by atoms with Crippen LogP contribution >= 0.6 is 0 Å². The van der Waals surface area contributed by atoms with E-state index in [-0.39, 0.29) is 5.41 Å². The van der Waals surface area contributed by atoms with Crippen molar-refractivity contribution in [2.24, 2.45) is 7.05 Å². The lowest BCUT2D eigenvalue weighted by Gasteiger charge is -2.20. The zero-order valence-corrected chi connectivity index (χ0v) is 10.4. The smallest absolute Gasteiger partial charge is 0.0866 e. The van der Waals surface area contributed by atoms with E-state index in [0.29, 0.717) is 0 Å². The lowest BCUT2D eigenvalue weighted by Crippen LogP contribution is -2.16. The summed E-state index contributed by atoms with van der Waals surface area (Å²) in [5.74, 6) is 0. The zero-order chi connectivity index (χ0) is 11.8. The third-order valence-corrected chi connectivity index (χ3v) is 2.82. The van der Waals surface area contributed by atoms with E-state index >= 15 is 0 Å². The first kappa shape index (κ1) is 10.9. The van der Waals surface area contributed by atoms with Gasteiger partial charge in [0.15, 0.2) is 0 Å². The molecule has 0 saturated heterocycles. The Bertz CT molecular complexity index is 475. The molecule has 0 bridgehead atoms. The van der Waals surface area contributed by atoms with Gasteiger partial charge in [0.1, 0.15) is 0 Å². The van der Waals surface area contributed by atoms with Crippen LogP contribution in [0, 0.1) is 0 Å². The van der Waals surface area contributed by atoms with Gasteiger partial charge in [-0.05, 0) is 24.3 Å². The molecule has 2 heterocycles. The van der Waals surface area contributed by atoms with Gasteiger partial charge in [-0.15, -0.1) is 0 Å². The van der Waals surface area contributed by atoms with Crippen molar-refractivity contribution in [1.82, 2.24) is 9.55 Å². The Morgan fingerprint density at radius 2 is 1.81 bits per heavy atom. The predicted octanol–water partition coefficient (Wildman–Crippen LogP) is 3.38. The summed E-state index contributed by atoms with van der Waals surface area (Å²) in [6.07, 6.45) is 1.83. The highest BCUT2D eigenvalue weighted by Gasteiger charge is 2.19. The van der Waals surface area contributed by atoms with Gasteiger partial charge < -0.3 is 4.57 Å². The summed E-state index contributed by atoms with van der Waals surface area (Å²) in [5.41, 5.74) is 3.70. The normalized spacial score (nSPS) is 11.8. The molecule has 0 atom stereocenters. The Balaban J connectivity index is 2.50. The Morgan fingerprint density at radius 3 is 2.31 bits per heavy atom. The predicted molar refractivity (Wildman–Crippen MR) is 67.3 cm³/mol. The molecule has 0 aromatic carbocycles. The maximum atomic E-state index is 4.38. The second-order valence-corrected chi connectivity index (χ2v) is 5.13. The number of hydrogen-bond acceptors (Lipinski definition) is 1. The van der Waals surface area contributed by atoms with Crippen molar-refractivity contribution in [3.05, 3.63) is 42.2 Å². The average molecular weight is 214 g/mol. The fourth-order valence-electron chi connectivity index (χ4n) is 2.04. The van der Waals surface area contributed by atoms with Crippen LogP contribution in [0.2, 0.25) is 0 Å². The van der Waals surface area contributed by atoms with Crippen LogP contribution in [0.5, 0.6) is 0 Å². The molecule has 0 aliphatic rings. The summed E-state index contributed by atoms with van der Waals surface area (Å²) in [7, 11) is 2.10. The van der Waals surface area contributed by atoms with Crippen LogP contribution < -0.4 is 0 Å². The highest BCUT2D eigenvalue weighted by molar-refractivity contribution is 5.56. The van der Waals surface area contributed by atoms with Crippen molar-refractivity contribution in [3.63, 3.8) is 0 Å². The molecule has 2 aromatic heterocycles. The molecular formula is C14H18N2. The minimum Gasteiger partial charge on any atom is -0.346 e. The van der Waals surface area contributed by atoms with Gasteiger partial charge in [-0.3, -0.25) is 4.98 Å². The van der Waals surface area contributed by atoms with E-state index in [1.54, 1.807) is 0 Å². The van der Waals surface area contributed by atoms with Gasteiger partial charge in [0.2, 0.25) is 0 Å². The summed E-state index contributed by atoms with van der Waals surface area (Å²) in [6, 6.07) is 10.3. The Morgan fingerprint density at radius 1 is 1.06 bits per heavy atom. The van der Waals surface area contributed by atoms with Crippen molar-refractivity contribution < 1.29 is 0 Å². The number of aromatic nitrogens is 2. The maximum absolute atomic E-state index is 4.38. The first-order valence-electron chi connectivity index (χ1n) is 5.58. The number of pyridine rings is 1. The highest BCUT2D eigenvalue weighted by Crippen LogP contribution is 2.27. The van der Waals surface area contributed by atoms with Crippen LogP contribution in [0.3, 0.4) is 0 Å². The molecule has 0 spiro atoms. The van der Waals surface area contributed by atoms with E-state index in [1.165, 1.54) is 11.4 Å². The first-order valence-corrected chi connectivity index (χ1v) is 5.58. The summed E-state index contributed by atoms with van der Waals surface area (Å²) < 4.78 is 2.22. The van der Waals surface area contributed by atoms with E-state index in [2.05, 4.69) is 49.5 Å². The van der Waals surface area contributed by atoms with E-state index in [0.717, 1.165) is 5.69 Å². The molecule has 0 saturated carbocycles. The molecule has 0 amide bonds. The third kappa shape index (κ3) is 1.87. The number of rotatable bonds is 1. The highest BCUT2D eigenvalue weighted by atomic mass is 15.0. The van der Waals surface area contributed by atoms with Crippen molar-refractivity contribution >= 4 is 0 Å². The minimum atomic E-state index is 0.168. The second kappa shape index (κ2) is 3.78. The van der Waals surface area contributed by atoms with Crippen LogP contribution in [0.25, 0.3) is 11.4 Å². The molecule has 2 nitrogen and oxygen atoms in total. The maximum Gasteiger partial charge on any atom is 0.0866 e. The van der Waals surface area contributed by atoms with Crippen LogP contribution in [-0.4, -0.2) is 9.55 Å². The fraction of sp³-hybridized carbons (Fsp3) is 0.357. The van der Waals surface area contributed by atoms with E-state index in [1.807, 2.05) is 24.4 Å². The number of nitrogens with zero attached hydrogens (tertiary/aromatic N) is 2. The van der Waals surface area contributed by atoms with Crippen LogP contribution in [0.1, 0.15) is 26.5 Å². The van der Waals surface area contributed by atoms with Gasteiger partial charge in [0.05, 0.1) is 11.4 Å². The lowest BCUT2D eigenvalue weighted by atomic mass is 9.92. The van der Waals surface area contributed by atoms with Gasteiger partial charge in [-0.1, -0.05) is 26.8 Å². The quantitative estimate of drug-likeness (QED) is 0.711. The molecule has 16 heavy (non-hydrogen) atoms. The van der Waals surface area contributed by atoms with E-state index in [9.17, 15) is 0 Å². The Kier molecular flexibility index (Phi) is 2.58. The average Bonchev–Trinajstić information content (AvgIpc) is 2.61. The second-order valence-electron chi connectivity index (χ2n) is 5.13. The van der Waals surface area contributed by atoms with Gasteiger partial charge in [0, 0.05) is 24.4 Å². The van der Waals surface area contributed by atoms with Crippen molar-refractivity contribution in [1.29, 1.82) is 0 Å². The lowest BCUT2D eigenvalue weighted by molar-refractivity contribution is 0.544. The summed E-state index contributed by atoms with van der Waals surface area (Å²) in [6.45, 7) is 6.68. The fourth-order valence-corrected chi connectivity index (χ4v) is 2.04. The molecule has 84 valence electrons. The Hall–Kier alpha value is -1.57. The SMILES string of the molecule is Cn1c(-c2ccccn2)ccc1C(C)(C)C. The summed E-state index contributed by atoms with van der Waals surface area (Å²) in [4.78, 5) is 4.38. The first-order chi connectivity index (χ1) is 7.50. The monoisotopic (exact) mass is 214 g/mol. The minimum absolute atomic E-state index is 0.168. The third-order valence-electron chi connectivity index (χ3n) is 2.82. The standard InChI is InChI=1S/C14H18N2/c1-14(2,3)13-9-8-12(16(13)4)11-7-5-6-10-15-11/h5-10H,1-4H3. The van der Waals surface area contributed by atoms with E-state index in [4.69, 9.17) is 0 Å². The van der Waals surface area contributed by atoms with Crippen molar-refractivity contribution in [3.8, 4) is 11.4 Å².